The van der Waals surface area contributed by atoms with Gasteiger partial charge in [-0.1, -0.05) is 31.0 Å². The van der Waals surface area contributed by atoms with E-state index in [1.54, 1.807) is 7.11 Å². The molecular formula is C15H23NO2. The van der Waals surface area contributed by atoms with Crippen molar-refractivity contribution < 1.29 is 9.53 Å². The molecule has 0 bridgehead atoms. The van der Waals surface area contributed by atoms with Crippen molar-refractivity contribution in [1.82, 2.24) is 5.32 Å². The number of nitrogens with one attached hydrogen (secondary N) is 1. The molecule has 1 N–H and O–H groups in total. The molecule has 0 aliphatic heterocycles. The molecule has 0 radical (unpaired) electrons. The molecule has 1 rings (SSSR count). The maximum atomic E-state index is 11.7. The Labute approximate surface area is 110 Å². The van der Waals surface area contributed by atoms with Crippen molar-refractivity contribution >= 4 is 5.91 Å². The first-order valence-electron chi connectivity index (χ1n) is 6.52. The number of ether oxygens (including phenoxy) is 1. The Hall–Kier alpha value is -1.51. The minimum atomic E-state index is -0.0239. The molecule has 0 aliphatic carbocycles. The van der Waals surface area contributed by atoms with Gasteiger partial charge in [0, 0.05) is 12.0 Å². The maximum Gasteiger partial charge on any atom is 0.220 e. The summed E-state index contributed by atoms with van der Waals surface area (Å²) in [6.07, 6.45) is 2.56. The van der Waals surface area contributed by atoms with Gasteiger partial charge in [0.1, 0.15) is 5.75 Å². The third kappa shape index (κ3) is 4.06. The van der Waals surface area contributed by atoms with Crippen LogP contribution in [0.1, 0.15) is 50.3 Å². The second-order valence-corrected chi connectivity index (χ2v) is 4.64. The summed E-state index contributed by atoms with van der Waals surface area (Å²) in [5.74, 6) is 0.928. The smallest absolute Gasteiger partial charge is 0.220 e. The molecule has 0 heterocycles. The normalized spacial score (nSPS) is 12.0. The number of amides is 1. The zero-order chi connectivity index (χ0) is 13.5. The zero-order valence-electron chi connectivity index (χ0n) is 11.7. The van der Waals surface area contributed by atoms with Gasteiger partial charge in [-0.3, -0.25) is 4.79 Å². The molecule has 100 valence electrons. The van der Waals surface area contributed by atoms with Crippen LogP contribution < -0.4 is 10.1 Å². The van der Waals surface area contributed by atoms with E-state index in [2.05, 4.69) is 18.3 Å². The van der Waals surface area contributed by atoms with E-state index >= 15 is 0 Å². The van der Waals surface area contributed by atoms with Gasteiger partial charge in [-0.2, -0.15) is 0 Å². The van der Waals surface area contributed by atoms with E-state index < -0.39 is 0 Å². The monoisotopic (exact) mass is 249 g/mol. The number of benzene rings is 1. The molecule has 0 saturated carbocycles. The molecule has 0 fully saturated rings. The van der Waals surface area contributed by atoms with E-state index in [0.717, 1.165) is 24.2 Å². The minimum Gasteiger partial charge on any atom is -0.496 e. The number of unbranched alkanes of at least 4 members (excludes halogenated alkanes) is 1. The van der Waals surface area contributed by atoms with Gasteiger partial charge in [-0.25, -0.2) is 0 Å². The molecule has 0 saturated heterocycles. The highest BCUT2D eigenvalue weighted by atomic mass is 16.5. The Bertz CT molecular complexity index is 401. The number of rotatable bonds is 6. The molecule has 1 aromatic carbocycles. The number of aryl methyl sites for hydroxylation is 1. The van der Waals surface area contributed by atoms with Crippen molar-refractivity contribution in [3.8, 4) is 5.75 Å². The highest BCUT2D eigenvalue weighted by Crippen LogP contribution is 2.26. The summed E-state index contributed by atoms with van der Waals surface area (Å²) in [5, 5.41) is 3.01. The SMILES string of the molecule is CCCCC(=O)NC(C)c1cc(C)ccc1OC. The molecule has 0 aliphatic rings. The Morgan fingerprint density at radius 1 is 1.44 bits per heavy atom. The van der Waals surface area contributed by atoms with Crippen molar-refractivity contribution in [2.45, 2.75) is 46.1 Å². The van der Waals surface area contributed by atoms with Crippen molar-refractivity contribution in [3.05, 3.63) is 29.3 Å². The molecule has 1 unspecified atom stereocenters. The lowest BCUT2D eigenvalue weighted by Crippen LogP contribution is -2.26. The molecule has 1 atom stereocenters. The van der Waals surface area contributed by atoms with Gasteiger partial charge in [0.2, 0.25) is 5.91 Å². The summed E-state index contributed by atoms with van der Waals surface area (Å²) in [5.41, 5.74) is 2.20. The third-order valence-electron chi connectivity index (χ3n) is 2.99. The summed E-state index contributed by atoms with van der Waals surface area (Å²) in [6, 6.07) is 5.99. The fourth-order valence-electron chi connectivity index (χ4n) is 1.92. The van der Waals surface area contributed by atoms with Crippen LogP contribution in [0, 0.1) is 6.92 Å². The van der Waals surface area contributed by atoms with Crippen LogP contribution in [-0.2, 0) is 4.79 Å². The Morgan fingerprint density at radius 3 is 2.78 bits per heavy atom. The Balaban J connectivity index is 2.73. The molecule has 0 spiro atoms. The first-order valence-corrected chi connectivity index (χ1v) is 6.52. The van der Waals surface area contributed by atoms with Crippen LogP contribution in [0.25, 0.3) is 0 Å². The number of hydrogen-bond donors (Lipinski definition) is 1. The van der Waals surface area contributed by atoms with Gasteiger partial charge >= 0.3 is 0 Å². The van der Waals surface area contributed by atoms with E-state index in [0.29, 0.717) is 6.42 Å². The van der Waals surface area contributed by atoms with Gasteiger partial charge in [-0.05, 0) is 26.3 Å². The van der Waals surface area contributed by atoms with E-state index in [1.807, 2.05) is 26.0 Å². The fourth-order valence-corrected chi connectivity index (χ4v) is 1.92. The third-order valence-corrected chi connectivity index (χ3v) is 2.99. The zero-order valence-corrected chi connectivity index (χ0v) is 11.7. The lowest BCUT2D eigenvalue weighted by Gasteiger charge is -2.18. The summed E-state index contributed by atoms with van der Waals surface area (Å²) in [7, 11) is 1.65. The summed E-state index contributed by atoms with van der Waals surface area (Å²) < 4.78 is 5.33. The topological polar surface area (TPSA) is 38.3 Å². The lowest BCUT2D eigenvalue weighted by atomic mass is 10.0. The Morgan fingerprint density at radius 2 is 2.17 bits per heavy atom. The molecule has 1 aromatic rings. The van der Waals surface area contributed by atoms with Crippen molar-refractivity contribution in [3.63, 3.8) is 0 Å². The van der Waals surface area contributed by atoms with Gasteiger partial charge in [0.05, 0.1) is 13.2 Å². The van der Waals surface area contributed by atoms with Crippen LogP contribution in [0.5, 0.6) is 5.75 Å². The number of carbonyl (C=O) groups excluding carboxylic acids is 1. The second-order valence-electron chi connectivity index (χ2n) is 4.64. The number of carbonyl (C=O) groups is 1. The van der Waals surface area contributed by atoms with Crippen molar-refractivity contribution in [2.24, 2.45) is 0 Å². The average Bonchev–Trinajstić information content (AvgIpc) is 2.36. The lowest BCUT2D eigenvalue weighted by molar-refractivity contribution is -0.121. The van der Waals surface area contributed by atoms with Crippen LogP contribution >= 0.6 is 0 Å². The molecule has 1 amide bonds. The molecule has 3 nitrogen and oxygen atoms in total. The first kappa shape index (κ1) is 14.6. The Kier molecular flexibility index (Phi) is 5.69. The van der Waals surface area contributed by atoms with Gasteiger partial charge < -0.3 is 10.1 Å². The van der Waals surface area contributed by atoms with Crippen molar-refractivity contribution in [2.75, 3.05) is 7.11 Å². The molecule has 0 aromatic heterocycles. The summed E-state index contributed by atoms with van der Waals surface area (Å²) in [6.45, 7) is 6.11. The number of methoxy groups -OCH3 is 1. The highest BCUT2D eigenvalue weighted by Gasteiger charge is 2.13. The molecule has 3 heteroatoms. The van der Waals surface area contributed by atoms with Crippen LogP contribution in [-0.4, -0.2) is 13.0 Å². The standard InChI is InChI=1S/C15H23NO2/c1-5-6-7-15(17)16-12(3)13-10-11(2)8-9-14(13)18-4/h8-10,12H,5-7H2,1-4H3,(H,16,17). The summed E-state index contributed by atoms with van der Waals surface area (Å²) >= 11 is 0. The van der Waals surface area contributed by atoms with Crippen LogP contribution in [0.2, 0.25) is 0 Å². The second kappa shape index (κ2) is 7.04. The van der Waals surface area contributed by atoms with Gasteiger partial charge in [0.25, 0.3) is 0 Å². The maximum absolute atomic E-state index is 11.7. The fraction of sp³-hybridized carbons (Fsp3) is 0.533. The largest absolute Gasteiger partial charge is 0.496 e. The first-order chi connectivity index (χ1) is 8.58. The van der Waals surface area contributed by atoms with Crippen LogP contribution in [0.4, 0.5) is 0 Å². The minimum absolute atomic E-state index is 0.0239. The average molecular weight is 249 g/mol. The van der Waals surface area contributed by atoms with E-state index in [9.17, 15) is 4.79 Å². The quantitative estimate of drug-likeness (QED) is 0.839. The van der Waals surface area contributed by atoms with Crippen LogP contribution in [0.3, 0.4) is 0 Å². The van der Waals surface area contributed by atoms with E-state index in [-0.39, 0.29) is 11.9 Å². The van der Waals surface area contributed by atoms with Gasteiger partial charge in [-0.15, -0.1) is 0 Å². The van der Waals surface area contributed by atoms with E-state index in [4.69, 9.17) is 4.74 Å². The van der Waals surface area contributed by atoms with E-state index in [1.165, 1.54) is 5.56 Å². The summed E-state index contributed by atoms with van der Waals surface area (Å²) in [4.78, 5) is 11.7. The van der Waals surface area contributed by atoms with Crippen LogP contribution in [0.15, 0.2) is 18.2 Å². The predicted octanol–water partition coefficient (Wildman–Crippen LogP) is 3.37. The predicted molar refractivity (Wildman–Crippen MR) is 73.8 cm³/mol. The van der Waals surface area contributed by atoms with Gasteiger partial charge in [0.15, 0.2) is 0 Å². The number of hydrogen-bond acceptors (Lipinski definition) is 2. The molecular weight excluding hydrogens is 226 g/mol. The molecule has 18 heavy (non-hydrogen) atoms. The highest BCUT2D eigenvalue weighted by molar-refractivity contribution is 5.76. The van der Waals surface area contributed by atoms with Crippen molar-refractivity contribution in [1.29, 1.82) is 0 Å².